The fraction of sp³-hybridized carbons (Fsp3) is 0.600. The molecule has 0 spiro atoms. The summed E-state index contributed by atoms with van der Waals surface area (Å²) in [4.78, 5) is 1.36. The second kappa shape index (κ2) is 5.78. The Hall–Kier alpha value is 0.140. The first-order valence-electron chi connectivity index (χ1n) is 4.60. The zero-order chi connectivity index (χ0) is 9.68. The van der Waals surface area contributed by atoms with Gasteiger partial charge in [-0.25, -0.2) is 0 Å². The molecule has 1 heterocycles. The number of aliphatic hydroxyl groups excluding tert-OH is 1. The molecule has 1 aromatic heterocycles. The van der Waals surface area contributed by atoms with Gasteiger partial charge in [0.05, 0.1) is 0 Å². The molecule has 1 N–H and O–H groups in total. The number of rotatable bonds is 5. The van der Waals surface area contributed by atoms with Crippen molar-refractivity contribution in [1.82, 2.24) is 0 Å². The van der Waals surface area contributed by atoms with Crippen LogP contribution in [-0.4, -0.2) is 11.7 Å². The lowest BCUT2D eigenvalue weighted by Crippen LogP contribution is -2.08. The summed E-state index contributed by atoms with van der Waals surface area (Å²) in [5.41, 5.74) is 0. The van der Waals surface area contributed by atoms with Crippen LogP contribution in [0.15, 0.2) is 15.9 Å². The second-order valence-corrected chi connectivity index (χ2v) is 5.18. The van der Waals surface area contributed by atoms with Crippen molar-refractivity contribution >= 4 is 27.3 Å². The molecule has 1 nitrogen and oxygen atoms in total. The molecule has 0 aliphatic carbocycles. The van der Waals surface area contributed by atoms with Crippen LogP contribution >= 0.6 is 27.3 Å². The normalized spacial score (nSPS) is 13.2. The highest BCUT2D eigenvalue weighted by molar-refractivity contribution is 9.10. The summed E-state index contributed by atoms with van der Waals surface area (Å²) in [5.74, 6) is 0.440. The predicted molar refractivity (Wildman–Crippen MR) is 61.2 cm³/mol. The molecule has 0 saturated heterocycles. The van der Waals surface area contributed by atoms with Crippen molar-refractivity contribution in [2.45, 2.75) is 26.2 Å². The molecule has 0 fully saturated rings. The quantitative estimate of drug-likeness (QED) is 0.862. The van der Waals surface area contributed by atoms with Crippen molar-refractivity contribution < 1.29 is 5.11 Å². The molecule has 0 amide bonds. The second-order valence-electron chi connectivity index (χ2n) is 3.27. The predicted octanol–water partition coefficient (Wildman–Crippen LogP) is 3.46. The first kappa shape index (κ1) is 11.2. The van der Waals surface area contributed by atoms with Crippen molar-refractivity contribution in [2.75, 3.05) is 6.61 Å². The highest BCUT2D eigenvalue weighted by Gasteiger charge is 2.08. The zero-order valence-electron chi connectivity index (χ0n) is 7.79. The molecule has 13 heavy (non-hydrogen) atoms. The summed E-state index contributed by atoms with van der Waals surface area (Å²) in [6.45, 7) is 2.47. The van der Waals surface area contributed by atoms with Crippen LogP contribution in [0.25, 0.3) is 0 Å². The van der Waals surface area contributed by atoms with Crippen molar-refractivity contribution in [2.24, 2.45) is 5.92 Å². The first-order valence-corrected chi connectivity index (χ1v) is 6.27. The Labute approximate surface area is 91.9 Å². The Morgan fingerprint density at radius 1 is 1.62 bits per heavy atom. The van der Waals surface area contributed by atoms with Gasteiger partial charge in [0, 0.05) is 21.3 Å². The van der Waals surface area contributed by atoms with Gasteiger partial charge >= 0.3 is 0 Å². The fourth-order valence-electron chi connectivity index (χ4n) is 1.41. The first-order chi connectivity index (χ1) is 6.26. The van der Waals surface area contributed by atoms with Crippen LogP contribution in [0.5, 0.6) is 0 Å². The molecule has 0 aliphatic heterocycles. The molecule has 1 atom stereocenters. The summed E-state index contributed by atoms with van der Waals surface area (Å²) < 4.78 is 1.15. The molecule has 1 aromatic rings. The van der Waals surface area contributed by atoms with E-state index in [1.54, 1.807) is 11.3 Å². The van der Waals surface area contributed by atoms with Crippen LogP contribution in [0.3, 0.4) is 0 Å². The monoisotopic (exact) mass is 262 g/mol. The lowest BCUT2D eigenvalue weighted by molar-refractivity contribution is 0.217. The van der Waals surface area contributed by atoms with Crippen LogP contribution in [0, 0.1) is 5.92 Å². The highest BCUT2D eigenvalue weighted by Crippen LogP contribution is 2.23. The Kier molecular flexibility index (Phi) is 4.99. The molecule has 0 radical (unpaired) electrons. The summed E-state index contributed by atoms with van der Waals surface area (Å²) >= 11 is 5.19. The lowest BCUT2D eigenvalue weighted by atomic mass is 10.0. The molecule has 0 bridgehead atoms. The van der Waals surface area contributed by atoms with Crippen LogP contribution in [0.2, 0.25) is 0 Å². The van der Waals surface area contributed by atoms with E-state index in [0.717, 1.165) is 23.7 Å². The maximum atomic E-state index is 9.12. The van der Waals surface area contributed by atoms with Gasteiger partial charge in [-0.2, -0.15) is 0 Å². The van der Waals surface area contributed by atoms with Crippen LogP contribution in [-0.2, 0) is 6.42 Å². The number of aliphatic hydroxyl groups is 1. The molecule has 3 heteroatoms. The maximum Gasteiger partial charge on any atom is 0.0462 e. The molecule has 1 rings (SSSR count). The van der Waals surface area contributed by atoms with Gasteiger partial charge in [0.2, 0.25) is 0 Å². The fourth-order valence-corrected chi connectivity index (χ4v) is 2.98. The summed E-state index contributed by atoms with van der Waals surface area (Å²) in [5, 5.41) is 11.2. The summed E-state index contributed by atoms with van der Waals surface area (Å²) in [6.07, 6.45) is 3.28. The number of thiophene rings is 1. The van der Waals surface area contributed by atoms with Gasteiger partial charge in [-0.3, -0.25) is 0 Å². The van der Waals surface area contributed by atoms with Gasteiger partial charge in [0.15, 0.2) is 0 Å². The molecule has 1 unspecified atom stereocenters. The van der Waals surface area contributed by atoms with Crippen molar-refractivity contribution in [3.8, 4) is 0 Å². The van der Waals surface area contributed by atoms with E-state index >= 15 is 0 Å². The van der Waals surface area contributed by atoms with Crippen molar-refractivity contribution in [3.63, 3.8) is 0 Å². The third-order valence-corrected chi connectivity index (χ3v) is 3.79. The average molecular weight is 263 g/mol. The van der Waals surface area contributed by atoms with Gasteiger partial charge < -0.3 is 5.11 Å². The number of hydrogen-bond donors (Lipinski definition) is 1. The molecule has 0 aromatic carbocycles. The molecule has 74 valence electrons. The SMILES string of the molecule is CCCC(CO)Cc1cc(Br)cs1. The highest BCUT2D eigenvalue weighted by atomic mass is 79.9. The van der Waals surface area contributed by atoms with E-state index in [-0.39, 0.29) is 0 Å². The van der Waals surface area contributed by atoms with Gasteiger partial charge in [-0.15, -0.1) is 11.3 Å². The van der Waals surface area contributed by atoms with Gasteiger partial charge in [-0.1, -0.05) is 13.3 Å². The van der Waals surface area contributed by atoms with Crippen molar-refractivity contribution in [1.29, 1.82) is 0 Å². The van der Waals surface area contributed by atoms with Crippen LogP contribution < -0.4 is 0 Å². The standard InChI is InChI=1S/C10H15BrOS/c1-2-3-8(6-12)4-10-5-9(11)7-13-10/h5,7-8,12H,2-4,6H2,1H3. The van der Waals surface area contributed by atoms with E-state index in [1.165, 1.54) is 4.88 Å². The molecule has 0 aliphatic rings. The zero-order valence-corrected chi connectivity index (χ0v) is 10.2. The van der Waals surface area contributed by atoms with E-state index in [9.17, 15) is 0 Å². The Morgan fingerprint density at radius 2 is 2.38 bits per heavy atom. The number of halogens is 1. The molecule has 0 saturated carbocycles. The van der Waals surface area contributed by atoms with E-state index in [1.807, 2.05) is 0 Å². The minimum absolute atomic E-state index is 0.309. The van der Waals surface area contributed by atoms with Gasteiger partial charge in [0.1, 0.15) is 0 Å². The minimum Gasteiger partial charge on any atom is -0.396 e. The summed E-state index contributed by atoms with van der Waals surface area (Å²) in [6, 6.07) is 2.14. The van der Waals surface area contributed by atoms with Gasteiger partial charge in [-0.05, 0) is 40.8 Å². The van der Waals surface area contributed by atoms with Crippen LogP contribution in [0.4, 0.5) is 0 Å². The van der Waals surface area contributed by atoms with Gasteiger partial charge in [0.25, 0.3) is 0 Å². The van der Waals surface area contributed by atoms with Crippen LogP contribution in [0.1, 0.15) is 24.6 Å². The Balaban J connectivity index is 2.46. The van der Waals surface area contributed by atoms with Crippen molar-refractivity contribution in [3.05, 3.63) is 20.8 Å². The van der Waals surface area contributed by atoms with E-state index in [2.05, 4.69) is 34.3 Å². The van der Waals surface area contributed by atoms with E-state index in [4.69, 9.17) is 5.11 Å². The molecular formula is C10H15BrOS. The Morgan fingerprint density at radius 3 is 2.85 bits per heavy atom. The lowest BCUT2D eigenvalue weighted by Gasteiger charge is -2.10. The smallest absolute Gasteiger partial charge is 0.0462 e. The minimum atomic E-state index is 0.309. The molecular weight excluding hydrogens is 248 g/mol. The van der Waals surface area contributed by atoms with E-state index in [0.29, 0.717) is 12.5 Å². The maximum absolute atomic E-state index is 9.12. The van der Waals surface area contributed by atoms with E-state index < -0.39 is 0 Å². The third-order valence-electron chi connectivity index (χ3n) is 2.07. The number of hydrogen-bond acceptors (Lipinski definition) is 2. The third kappa shape index (κ3) is 3.79. The largest absolute Gasteiger partial charge is 0.396 e. The topological polar surface area (TPSA) is 20.2 Å². The Bertz CT molecular complexity index is 247. The summed E-state index contributed by atoms with van der Waals surface area (Å²) in [7, 11) is 0. The average Bonchev–Trinajstić information content (AvgIpc) is 2.50.